The summed E-state index contributed by atoms with van der Waals surface area (Å²) in [4.78, 5) is 22.6. The number of likely N-dealkylation sites (tertiary alicyclic amines) is 1. The molecule has 0 radical (unpaired) electrons. The molecule has 4 rings (SSSR count). The molecular formula is C16H17N3O2S. The van der Waals surface area contributed by atoms with Crippen LogP contribution in [0.4, 0.5) is 0 Å². The Balaban J connectivity index is 1.45. The molecular weight excluding hydrogens is 298 g/mol. The second-order valence-electron chi connectivity index (χ2n) is 5.85. The lowest BCUT2D eigenvalue weighted by molar-refractivity contribution is -0.00563. The number of hydrogen-bond donors (Lipinski definition) is 0. The number of thiophene rings is 1. The van der Waals surface area contributed by atoms with E-state index >= 15 is 0 Å². The third-order valence-corrected chi connectivity index (χ3v) is 5.23. The molecule has 6 heteroatoms. The number of carbonyl (C=O) groups is 1. The minimum Gasteiger partial charge on any atom is -0.367 e. The van der Waals surface area contributed by atoms with Crippen LogP contribution in [0, 0.1) is 5.92 Å². The second kappa shape index (κ2) is 5.78. The van der Waals surface area contributed by atoms with E-state index in [0.717, 1.165) is 30.6 Å². The summed E-state index contributed by atoms with van der Waals surface area (Å²) in [6, 6.07) is 3.80. The van der Waals surface area contributed by atoms with E-state index in [1.807, 2.05) is 27.8 Å². The van der Waals surface area contributed by atoms with E-state index in [4.69, 9.17) is 4.74 Å². The zero-order valence-corrected chi connectivity index (χ0v) is 12.9. The summed E-state index contributed by atoms with van der Waals surface area (Å²) in [5, 5.41) is 3.85. The van der Waals surface area contributed by atoms with Crippen molar-refractivity contribution in [3.8, 4) is 0 Å². The number of aromatic nitrogens is 2. The molecule has 0 spiro atoms. The van der Waals surface area contributed by atoms with Gasteiger partial charge in [-0.05, 0) is 36.3 Å². The highest BCUT2D eigenvalue weighted by Crippen LogP contribution is 2.40. The maximum absolute atomic E-state index is 12.5. The number of nitrogens with zero attached hydrogens (tertiary/aromatic N) is 3. The first-order valence-corrected chi connectivity index (χ1v) is 8.48. The van der Waals surface area contributed by atoms with Crippen LogP contribution in [0.1, 0.15) is 35.0 Å². The molecule has 2 fully saturated rings. The number of rotatable bonds is 2. The lowest BCUT2D eigenvalue weighted by Gasteiger charge is -2.33. The molecule has 2 aliphatic heterocycles. The van der Waals surface area contributed by atoms with Gasteiger partial charge in [0.25, 0.3) is 5.91 Å². The van der Waals surface area contributed by atoms with Crippen molar-refractivity contribution < 1.29 is 9.53 Å². The highest BCUT2D eigenvalue weighted by molar-refractivity contribution is 7.08. The second-order valence-corrected chi connectivity index (χ2v) is 6.63. The first-order valence-electron chi connectivity index (χ1n) is 7.54. The van der Waals surface area contributed by atoms with Crippen molar-refractivity contribution in [1.29, 1.82) is 0 Å². The van der Waals surface area contributed by atoms with Crippen molar-refractivity contribution in [2.24, 2.45) is 5.92 Å². The molecule has 0 N–H and O–H groups in total. The van der Waals surface area contributed by atoms with Gasteiger partial charge in [0, 0.05) is 24.7 Å². The van der Waals surface area contributed by atoms with Gasteiger partial charge in [-0.15, -0.1) is 0 Å². The van der Waals surface area contributed by atoms with Crippen LogP contribution < -0.4 is 0 Å². The fraction of sp³-hybridized carbons (Fsp3) is 0.438. The van der Waals surface area contributed by atoms with Crippen LogP contribution >= 0.6 is 11.3 Å². The van der Waals surface area contributed by atoms with Gasteiger partial charge >= 0.3 is 0 Å². The van der Waals surface area contributed by atoms with Crippen LogP contribution in [-0.2, 0) is 4.74 Å². The van der Waals surface area contributed by atoms with Gasteiger partial charge in [-0.2, -0.15) is 11.3 Å². The zero-order valence-electron chi connectivity index (χ0n) is 12.1. The summed E-state index contributed by atoms with van der Waals surface area (Å²) in [7, 11) is 0. The highest BCUT2D eigenvalue weighted by Gasteiger charge is 2.41. The average Bonchev–Trinajstić information content (AvgIpc) is 3.23. The molecule has 0 aliphatic carbocycles. The molecule has 5 nitrogen and oxygen atoms in total. The number of carbonyl (C=O) groups excluding carboxylic acids is 1. The number of piperidine rings is 1. The van der Waals surface area contributed by atoms with Crippen molar-refractivity contribution in [1.82, 2.24) is 14.9 Å². The van der Waals surface area contributed by atoms with Crippen molar-refractivity contribution in [3.63, 3.8) is 0 Å². The fourth-order valence-corrected chi connectivity index (χ4v) is 4.00. The summed E-state index contributed by atoms with van der Waals surface area (Å²) in [5.41, 5.74) is 1.73. The summed E-state index contributed by atoms with van der Waals surface area (Å²) < 4.78 is 6.17. The fourth-order valence-electron chi connectivity index (χ4n) is 3.37. The Bertz CT molecular complexity index is 647. The number of ether oxygens (including phenoxy) is 1. The van der Waals surface area contributed by atoms with E-state index in [-0.39, 0.29) is 18.1 Å². The third kappa shape index (κ3) is 2.53. The summed E-state index contributed by atoms with van der Waals surface area (Å²) in [6.45, 7) is 1.50. The predicted octanol–water partition coefficient (Wildman–Crippen LogP) is 2.53. The number of amides is 1. The van der Waals surface area contributed by atoms with E-state index < -0.39 is 0 Å². The Morgan fingerprint density at radius 3 is 3.14 bits per heavy atom. The molecule has 0 unspecified atom stereocenters. The molecule has 2 saturated heterocycles. The van der Waals surface area contributed by atoms with Gasteiger partial charge in [-0.1, -0.05) is 0 Å². The SMILES string of the molecule is O=C(c1ccsc1)N1CC[C@H]2C[C@@H](c3ccncn3)O[C@@H]2C1. The molecule has 2 aromatic rings. The monoisotopic (exact) mass is 315 g/mol. The Morgan fingerprint density at radius 1 is 1.41 bits per heavy atom. The van der Waals surface area contributed by atoms with Crippen molar-refractivity contribution in [2.45, 2.75) is 25.0 Å². The molecule has 3 atom stereocenters. The normalized spacial score (nSPS) is 27.6. The summed E-state index contributed by atoms with van der Waals surface area (Å²) >= 11 is 1.56. The lowest BCUT2D eigenvalue weighted by Crippen LogP contribution is -2.45. The molecule has 2 aromatic heterocycles. The summed E-state index contributed by atoms with van der Waals surface area (Å²) in [5.74, 6) is 0.639. The van der Waals surface area contributed by atoms with Crippen LogP contribution in [0.5, 0.6) is 0 Å². The molecule has 2 aliphatic rings. The molecule has 4 heterocycles. The van der Waals surface area contributed by atoms with Crippen molar-refractivity contribution in [2.75, 3.05) is 13.1 Å². The zero-order chi connectivity index (χ0) is 14.9. The first-order chi connectivity index (χ1) is 10.8. The average molecular weight is 315 g/mol. The minimum absolute atomic E-state index is 0.0363. The smallest absolute Gasteiger partial charge is 0.254 e. The molecule has 0 saturated carbocycles. The maximum Gasteiger partial charge on any atom is 0.254 e. The third-order valence-electron chi connectivity index (χ3n) is 4.54. The lowest BCUT2D eigenvalue weighted by atomic mass is 9.91. The van der Waals surface area contributed by atoms with Crippen LogP contribution in [0.2, 0.25) is 0 Å². The van der Waals surface area contributed by atoms with Crippen LogP contribution in [0.25, 0.3) is 0 Å². The molecule has 114 valence electrons. The van der Waals surface area contributed by atoms with Gasteiger partial charge in [0.05, 0.1) is 17.4 Å². The topological polar surface area (TPSA) is 55.3 Å². The van der Waals surface area contributed by atoms with E-state index in [0.29, 0.717) is 12.5 Å². The Hall–Kier alpha value is -1.79. The van der Waals surface area contributed by atoms with Gasteiger partial charge in [0.15, 0.2) is 0 Å². The molecule has 0 bridgehead atoms. The Labute approximate surface area is 133 Å². The van der Waals surface area contributed by atoms with Crippen LogP contribution in [0.15, 0.2) is 35.4 Å². The number of hydrogen-bond acceptors (Lipinski definition) is 5. The highest BCUT2D eigenvalue weighted by atomic mass is 32.1. The standard InChI is InChI=1S/C16H17N3O2S/c20-16(12-3-6-22-9-12)19-5-2-11-7-14(21-15(11)8-19)13-1-4-17-10-18-13/h1,3-4,6,9-11,14-15H,2,5,7-8H2/t11-,14-,15+/m0/s1. The van der Waals surface area contributed by atoms with Gasteiger partial charge < -0.3 is 9.64 Å². The first kappa shape index (κ1) is 13.8. The quantitative estimate of drug-likeness (QED) is 0.854. The van der Waals surface area contributed by atoms with Gasteiger partial charge in [-0.25, -0.2) is 9.97 Å². The van der Waals surface area contributed by atoms with E-state index in [1.165, 1.54) is 0 Å². The Morgan fingerprint density at radius 2 is 2.36 bits per heavy atom. The largest absolute Gasteiger partial charge is 0.367 e. The molecule has 1 amide bonds. The maximum atomic E-state index is 12.5. The minimum atomic E-state index is 0.0363. The van der Waals surface area contributed by atoms with Crippen LogP contribution in [0.3, 0.4) is 0 Å². The van der Waals surface area contributed by atoms with Crippen LogP contribution in [-0.4, -0.2) is 40.0 Å². The molecule has 0 aromatic carbocycles. The van der Waals surface area contributed by atoms with Gasteiger partial charge in [0.2, 0.25) is 0 Å². The van der Waals surface area contributed by atoms with E-state index in [9.17, 15) is 4.79 Å². The van der Waals surface area contributed by atoms with E-state index in [1.54, 1.807) is 23.9 Å². The predicted molar refractivity (Wildman–Crippen MR) is 82.6 cm³/mol. The Kier molecular flexibility index (Phi) is 3.63. The van der Waals surface area contributed by atoms with E-state index in [2.05, 4.69) is 9.97 Å². The van der Waals surface area contributed by atoms with Crippen molar-refractivity contribution >= 4 is 17.2 Å². The molecule has 22 heavy (non-hydrogen) atoms. The van der Waals surface area contributed by atoms with Gasteiger partial charge in [0.1, 0.15) is 12.4 Å². The number of fused-ring (bicyclic) bond motifs is 1. The summed E-state index contributed by atoms with van der Waals surface area (Å²) in [6.07, 6.45) is 5.46. The van der Waals surface area contributed by atoms with Crippen molar-refractivity contribution in [3.05, 3.63) is 46.7 Å². The van der Waals surface area contributed by atoms with Gasteiger partial charge in [-0.3, -0.25) is 4.79 Å².